The van der Waals surface area contributed by atoms with E-state index in [2.05, 4.69) is 4.98 Å². The minimum atomic E-state index is -4.38. The van der Waals surface area contributed by atoms with Crippen LogP contribution in [0.5, 0.6) is 0 Å². The highest BCUT2D eigenvalue weighted by atomic mass is 19.4. The van der Waals surface area contributed by atoms with Crippen LogP contribution in [0.1, 0.15) is 29.9 Å². The molecule has 6 heteroatoms. The van der Waals surface area contributed by atoms with E-state index in [1.54, 1.807) is 17.3 Å². The van der Waals surface area contributed by atoms with Gasteiger partial charge in [0.15, 0.2) is 0 Å². The van der Waals surface area contributed by atoms with Crippen molar-refractivity contribution < 1.29 is 18.0 Å². The minimum absolute atomic E-state index is 0.0762. The van der Waals surface area contributed by atoms with Gasteiger partial charge in [0.1, 0.15) is 0 Å². The van der Waals surface area contributed by atoms with Crippen molar-refractivity contribution in [1.82, 2.24) is 4.98 Å². The number of amides is 1. The fourth-order valence-corrected chi connectivity index (χ4v) is 3.72. The fraction of sp³-hybridized carbons (Fsp3) is 0.217. The zero-order chi connectivity index (χ0) is 20.4. The van der Waals surface area contributed by atoms with Gasteiger partial charge in [-0.05, 0) is 65.9 Å². The number of hydrogen-bond acceptors (Lipinski definition) is 2. The summed E-state index contributed by atoms with van der Waals surface area (Å²) in [6.45, 7) is 0.602. The molecule has 4 rings (SSSR count). The van der Waals surface area contributed by atoms with Crippen LogP contribution in [-0.4, -0.2) is 17.4 Å². The summed E-state index contributed by atoms with van der Waals surface area (Å²) in [6.07, 6.45) is 0.509. The molecule has 1 aliphatic heterocycles. The molecule has 0 N–H and O–H groups in total. The summed E-state index contributed by atoms with van der Waals surface area (Å²) in [5.74, 6) is -0.501. The summed E-state index contributed by atoms with van der Waals surface area (Å²) in [6, 6.07) is 16.5. The first kappa shape index (κ1) is 19.2. The SMILES string of the molecule is O=C1C(c2ccc(C(F)(F)F)cc2)CCCN1c1ccc(-c2ccncc2)cc1. The third kappa shape index (κ3) is 4.01. The first-order valence-corrected chi connectivity index (χ1v) is 9.42. The molecule has 1 unspecified atom stereocenters. The van der Waals surface area contributed by atoms with Crippen LogP contribution in [-0.2, 0) is 11.0 Å². The molecule has 1 atom stereocenters. The van der Waals surface area contributed by atoms with Crippen LogP contribution in [0.4, 0.5) is 18.9 Å². The van der Waals surface area contributed by atoms with Gasteiger partial charge in [0.2, 0.25) is 5.91 Å². The smallest absolute Gasteiger partial charge is 0.312 e. The Morgan fingerprint density at radius 2 is 1.48 bits per heavy atom. The van der Waals surface area contributed by atoms with E-state index < -0.39 is 17.7 Å². The van der Waals surface area contributed by atoms with Crippen molar-refractivity contribution in [2.45, 2.75) is 24.9 Å². The van der Waals surface area contributed by atoms with E-state index in [0.29, 0.717) is 18.5 Å². The van der Waals surface area contributed by atoms with Crippen molar-refractivity contribution in [3.63, 3.8) is 0 Å². The van der Waals surface area contributed by atoms with Gasteiger partial charge in [-0.1, -0.05) is 24.3 Å². The number of pyridine rings is 1. The molecular weight excluding hydrogens is 377 g/mol. The summed E-state index contributed by atoms with van der Waals surface area (Å²) >= 11 is 0. The molecule has 1 fully saturated rings. The molecule has 0 spiro atoms. The number of piperidine rings is 1. The van der Waals surface area contributed by atoms with Crippen molar-refractivity contribution >= 4 is 11.6 Å². The maximum absolute atomic E-state index is 13.1. The monoisotopic (exact) mass is 396 g/mol. The van der Waals surface area contributed by atoms with Gasteiger partial charge in [-0.15, -0.1) is 0 Å². The average Bonchev–Trinajstić information content (AvgIpc) is 2.74. The second-order valence-electron chi connectivity index (χ2n) is 7.09. The molecule has 3 nitrogen and oxygen atoms in total. The number of benzene rings is 2. The van der Waals surface area contributed by atoms with Gasteiger partial charge in [-0.3, -0.25) is 9.78 Å². The molecule has 0 saturated carbocycles. The van der Waals surface area contributed by atoms with Crippen LogP contribution >= 0.6 is 0 Å². The van der Waals surface area contributed by atoms with Crippen molar-refractivity contribution in [1.29, 1.82) is 0 Å². The van der Waals surface area contributed by atoms with Gasteiger partial charge in [-0.25, -0.2) is 0 Å². The molecule has 2 heterocycles. The van der Waals surface area contributed by atoms with E-state index in [0.717, 1.165) is 35.4 Å². The molecule has 1 aliphatic rings. The Kier molecular flexibility index (Phi) is 5.09. The molecule has 29 heavy (non-hydrogen) atoms. The lowest BCUT2D eigenvalue weighted by Crippen LogP contribution is -2.40. The van der Waals surface area contributed by atoms with Crippen LogP contribution in [0.25, 0.3) is 11.1 Å². The van der Waals surface area contributed by atoms with Gasteiger partial charge >= 0.3 is 6.18 Å². The number of carbonyl (C=O) groups is 1. The van der Waals surface area contributed by atoms with E-state index in [9.17, 15) is 18.0 Å². The molecule has 1 saturated heterocycles. The number of hydrogen-bond donors (Lipinski definition) is 0. The molecule has 148 valence electrons. The van der Waals surface area contributed by atoms with E-state index >= 15 is 0 Å². The number of nitrogens with zero attached hydrogens (tertiary/aromatic N) is 2. The Morgan fingerprint density at radius 3 is 2.10 bits per heavy atom. The number of halogens is 3. The molecule has 0 radical (unpaired) electrons. The highest BCUT2D eigenvalue weighted by Crippen LogP contribution is 2.34. The van der Waals surface area contributed by atoms with Gasteiger partial charge in [0, 0.05) is 24.6 Å². The van der Waals surface area contributed by atoms with Gasteiger partial charge in [-0.2, -0.15) is 13.2 Å². The minimum Gasteiger partial charge on any atom is -0.312 e. The Hall–Kier alpha value is -3.15. The van der Waals surface area contributed by atoms with Crippen molar-refractivity contribution in [3.8, 4) is 11.1 Å². The van der Waals surface area contributed by atoms with E-state index in [4.69, 9.17) is 0 Å². The van der Waals surface area contributed by atoms with Gasteiger partial charge in [0.25, 0.3) is 0 Å². The number of carbonyl (C=O) groups excluding carboxylic acids is 1. The third-order valence-corrected chi connectivity index (χ3v) is 5.27. The predicted octanol–water partition coefficient (Wildman–Crippen LogP) is 5.68. The summed E-state index contributed by atoms with van der Waals surface area (Å²) in [5.41, 5.74) is 2.79. The fourth-order valence-electron chi connectivity index (χ4n) is 3.72. The van der Waals surface area contributed by atoms with E-state index in [-0.39, 0.29) is 5.91 Å². The Morgan fingerprint density at radius 1 is 0.862 bits per heavy atom. The third-order valence-electron chi connectivity index (χ3n) is 5.27. The molecule has 1 aromatic heterocycles. The Bertz CT molecular complexity index is 983. The lowest BCUT2D eigenvalue weighted by molar-refractivity contribution is -0.137. The first-order chi connectivity index (χ1) is 13.9. The van der Waals surface area contributed by atoms with Crippen molar-refractivity contribution in [3.05, 3.63) is 84.2 Å². The summed E-state index contributed by atoms with van der Waals surface area (Å²) in [5, 5.41) is 0. The first-order valence-electron chi connectivity index (χ1n) is 9.42. The molecular formula is C23H19F3N2O. The van der Waals surface area contributed by atoms with E-state index in [1.165, 1.54) is 12.1 Å². The zero-order valence-corrected chi connectivity index (χ0v) is 15.6. The molecule has 2 aromatic carbocycles. The highest BCUT2D eigenvalue weighted by Gasteiger charge is 2.33. The largest absolute Gasteiger partial charge is 0.416 e. The second kappa shape index (κ2) is 7.70. The Balaban J connectivity index is 1.54. The Labute approximate surface area is 166 Å². The number of anilines is 1. The van der Waals surface area contributed by atoms with Crippen molar-refractivity contribution in [2.75, 3.05) is 11.4 Å². The normalized spacial score (nSPS) is 17.4. The second-order valence-corrected chi connectivity index (χ2v) is 7.09. The van der Waals surface area contributed by atoms with Crippen LogP contribution in [0, 0.1) is 0 Å². The topological polar surface area (TPSA) is 33.2 Å². The summed E-state index contributed by atoms with van der Waals surface area (Å²) in [7, 11) is 0. The van der Waals surface area contributed by atoms with Crippen LogP contribution in [0.3, 0.4) is 0 Å². The lowest BCUT2D eigenvalue weighted by Gasteiger charge is -2.32. The number of aromatic nitrogens is 1. The average molecular weight is 396 g/mol. The number of rotatable bonds is 3. The van der Waals surface area contributed by atoms with Crippen LogP contribution in [0.2, 0.25) is 0 Å². The van der Waals surface area contributed by atoms with Crippen LogP contribution < -0.4 is 4.90 Å². The lowest BCUT2D eigenvalue weighted by atomic mass is 9.89. The highest BCUT2D eigenvalue weighted by molar-refractivity contribution is 5.99. The maximum atomic E-state index is 13.1. The quantitative estimate of drug-likeness (QED) is 0.571. The van der Waals surface area contributed by atoms with Gasteiger partial charge < -0.3 is 4.90 Å². The summed E-state index contributed by atoms with van der Waals surface area (Å²) < 4.78 is 38.4. The maximum Gasteiger partial charge on any atom is 0.416 e. The molecule has 1 amide bonds. The molecule has 3 aromatic rings. The molecule has 0 bridgehead atoms. The van der Waals surface area contributed by atoms with Crippen LogP contribution in [0.15, 0.2) is 73.1 Å². The zero-order valence-electron chi connectivity index (χ0n) is 15.6. The number of alkyl halides is 3. The molecule has 0 aliphatic carbocycles. The van der Waals surface area contributed by atoms with Crippen molar-refractivity contribution in [2.24, 2.45) is 0 Å². The predicted molar refractivity (Wildman–Crippen MR) is 105 cm³/mol. The van der Waals surface area contributed by atoms with Gasteiger partial charge in [0.05, 0.1) is 11.5 Å². The standard InChI is InChI=1S/C23H19F3N2O/c24-23(25,26)19-7-3-18(4-8-19)21-2-1-15-28(22(21)29)20-9-5-16(6-10-20)17-11-13-27-14-12-17/h3-14,21H,1-2,15H2. The summed E-state index contributed by atoms with van der Waals surface area (Å²) in [4.78, 5) is 18.8. The van der Waals surface area contributed by atoms with E-state index in [1.807, 2.05) is 36.4 Å².